The molecule has 4 nitrogen and oxygen atoms in total. The summed E-state index contributed by atoms with van der Waals surface area (Å²) in [5.41, 5.74) is -0.167. The van der Waals surface area contributed by atoms with Crippen molar-refractivity contribution in [2.75, 3.05) is 26.2 Å². The number of benzene rings is 1. The van der Waals surface area contributed by atoms with Crippen LogP contribution in [0.15, 0.2) is 18.2 Å². The number of halogens is 1. The average Bonchev–Trinajstić information content (AvgIpc) is 2.34. The fourth-order valence-corrected chi connectivity index (χ4v) is 1.44. The van der Waals surface area contributed by atoms with E-state index in [-0.39, 0.29) is 26.5 Å². The smallest absolute Gasteiger partial charge is 0.492 e. The molecule has 0 radical (unpaired) electrons. The molecule has 1 aromatic carbocycles. The van der Waals surface area contributed by atoms with Crippen LogP contribution in [-0.4, -0.2) is 48.3 Å². The summed E-state index contributed by atoms with van der Waals surface area (Å²) in [6.07, 6.45) is 0. The summed E-state index contributed by atoms with van der Waals surface area (Å²) in [4.78, 5) is 1.97. The van der Waals surface area contributed by atoms with E-state index < -0.39 is 12.9 Å². The molecule has 7 heteroatoms. The molecule has 0 bridgehead atoms. The van der Waals surface area contributed by atoms with Gasteiger partial charge in [0.25, 0.3) is 0 Å². The fraction of sp³-hybridized carbons (Fsp3) is 0.333. The van der Waals surface area contributed by atoms with E-state index in [2.05, 4.69) is 13.8 Å². The number of hydrogen-bond donors (Lipinski definition) is 2. The van der Waals surface area contributed by atoms with Crippen LogP contribution in [0.2, 0.25) is 0 Å². The zero-order valence-corrected chi connectivity index (χ0v) is 13.5. The van der Waals surface area contributed by atoms with Crippen LogP contribution in [0.3, 0.4) is 0 Å². The van der Waals surface area contributed by atoms with Gasteiger partial charge in [0.05, 0.1) is 0 Å². The van der Waals surface area contributed by atoms with Crippen LogP contribution in [0.5, 0.6) is 5.75 Å². The van der Waals surface area contributed by atoms with E-state index in [9.17, 15) is 4.39 Å². The molecule has 0 aliphatic carbocycles. The van der Waals surface area contributed by atoms with Crippen LogP contribution in [0.1, 0.15) is 0 Å². The van der Waals surface area contributed by atoms with Crippen molar-refractivity contribution in [1.82, 2.24) is 4.90 Å². The molecular weight excluding hydrogens is 420 g/mol. The molecule has 0 saturated heterocycles. The minimum Gasteiger partial charge on any atom is -0.492 e. The number of ether oxygens (including phenoxy) is 1. The second-order valence-corrected chi connectivity index (χ2v) is 3.75. The van der Waals surface area contributed by atoms with Gasteiger partial charge < -0.3 is 33.5 Å². The molecule has 1 aromatic rings. The van der Waals surface area contributed by atoms with Crippen LogP contribution in [0.4, 0.5) is 4.39 Å². The van der Waals surface area contributed by atoms with Gasteiger partial charge >= 0.3 is 28.2 Å². The molecule has 0 atom stereocenters. The monoisotopic (exact) mass is 437 g/mol. The van der Waals surface area contributed by atoms with E-state index in [1.54, 1.807) is 0 Å². The maximum Gasteiger partial charge on any atom is 2.00 e. The van der Waals surface area contributed by atoms with E-state index in [0.29, 0.717) is 32.0 Å². The molecule has 0 aliphatic rings. The molecular formula is C12H17BFNO3W. The van der Waals surface area contributed by atoms with Crippen molar-refractivity contribution in [2.45, 2.75) is 0 Å². The summed E-state index contributed by atoms with van der Waals surface area (Å²) in [6.45, 7) is 9.80. The summed E-state index contributed by atoms with van der Waals surface area (Å²) < 4.78 is 18.7. The molecule has 1 rings (SSSR count). The summed E-state index contributed by atoms with van der Waals surface area (Å²) in [7, 11) is -1.81. The zero-order valence-electron chi connectivity index (χ0n) is 10.6. The SMILES string of the molecule is [CH2-]CN(C[CH2-])CCOc1ccc(B(O)O)c(F)c1.[W+2]. The third-order valence-electron chi connectivity index (χ3n) is 2.56. The molecule has 0 fully saturated rings. The molecule has 19 heavy (non-hydrogen) atoms. The third kappa shape index (κ3) is 6.04. The first-order valence-electron chi connectivity index (χ1n) is 5.67. The third-order valence-corrected chi connectivity index (χ3v) is 2.56. The minimum absolute atomic E-state index is 0. The Morgan fingerprint density at radius 2 is 1.89 bits per heavy atom. The van der Waals surface area contributed by atoms with E-state index >= 15 is 0 Å². The largest absolute Gasteiger partial charge is 2.00 e. The fourth-order valence-electron chi connectivity index (χ4n) is 1.44. The Kier molecular flexibility index (Phi) is 9.27. The second-order valence-electron chi connectivity index (χ2n) is 3.75. The number of hydrogen-bond acceptors (Lipinski definition) is 4. The Hall–Kier alpha value is -0.417. The van der Waals surface area contributed by atoms with Gasteiger partial charge in [-0.05, 0) is 6.07 Å². The van der Waals surface area contributed by atoms with Gasteiger partial charge in [0.2, 0.25) is 0 Å². The zero-order chi connectivity index (χ0) is 13.5. The van der Waals surface area contributed by atoms with Gasteiger partial charge in [-0.1, -0.05) is 6.07 Å². The average molecular weight is 437 g/mol. The first kappa shape index (κ1) is 18.6. The number of rotatable bonds is 7. The first-order chi connectivity index (χ1) is 8.58. The van der Waals surface area contributed by atoms with E-state index in [1.165, 1.54) is 12.1 Å². The molecule has 0 heterocycles. The van der Waals surface area contributed by atoms with Crippen molar-refractivity contribution in [3.8, 4) is 5.75 Å². The van der Waals surface area contributed by atoms with Crippen molar-refractivity contribution >= 4 is 12.6 Å². The molecule has 104 valence electrons. The van der Waals surface area contributed by atoms with Crippen LogP contribution in [0.25, 0.3) is 0 Å². The summed E-state index contributed by atoms with van der Waals surface area (Å²) in [6, 6.07) is 3.92. The van der Waals surface area contributed by atoms with E-state index in [1.807, 2.05) is 4.90 Å². The Morgan fingerprint density at radius 3 is 2.37 bits per heavy atom. The molecule has 2 N–H and O–H groups in total. The topological polar surface area (TPSA) is 52.9 Å². The summed E-state index contributed by atoms with van der Waals surface area (Å²) in [5, 5.41) is 17.7. The second kappa shape index (κ2) is 9.48. The van der Waals surface area contributed by atoms with Crippen molar-refractivity contribution < 1.29 is 40.2 Å². The number of nitrogens with zero attached hydrogens (tertiary/aromatic N) is 1. The molecule has 0 saturated carbocycles. The molecule has 0 aliphatic heterocycles. The Bertz CT molecular complexity index is 378. The standard InChI is InChI=1S/C12H17BFNO3.W/c1-3-15(4-2)7-8-18-10-5-6-11(13(16)17)12(14)9-10;/h5-6,9,16-17H,1-4,7-8H2;/q-2;+2. The predicted molar refractivity (Wildman–Crippen MR) is 68.9 cm³/mol. The van der Waals surface area contributed by atoms with Crippen molar-refractivity contribution in [1.29, 1.82) is 0 Å². The van der Waals surface area contributed by atoms with Crippen LogP contribution >= 0.6 is 0 Å². The Balaban J connectivity index is 0.00000324. The van der Waals surface area contributed by atoms with Gasteiger partial charge in [-0.25, -0.2) is 4.39 Å². The van der Waals surface area contributed by atoms with Crippen LogP contribution in [-0.2, 0) is 21.1 Å². The molecule has 0 aromatic heterocycles. The maximum absolute atomic E-state index is 13.4. The van der Waals surface area contributed by atoms with Gasteiger partial charge in [-0.15, -0.1) is 13.1 Å². The summed E-state index contributed by atoms with van der Waals surface area (Å²) >= 11 is 0. The molecule has 0 unspecified atom stereocenters. The Morgan fingerprint density at radius 1 is 1.26 bits per heavy atom. The molecule has 0 spiro atoms. The van der Waals surface area contributed by atoms with Gasteiger partial charge in [0.15, 0.2) is 0 Å². The van der Waals surface area contributed by atoms with Crippen molar-refractivity contribution in [2.24, 2.45) is 0 Å². The first-order valence-corrected chi connectivity index (χ1v) is 5.67. The molecule has 0 amide bonds. The van der Waals surface area contributed by atoms with E-state index in [4.69, 9.17) is 14.8 Å². The van der Waals surface area contributed by atoms with Crippen LogP contribution in [0, 0.1) is 19.7 Å². The summed E-state index contributed by atoms with van der Waals surface area (Å²) in [5.74, 6) is -0.348. The van der Waals surface area contributed by atoms with Gasteiger partial charge in [0, 0.05) is 18.1 Å². The van der Waals surface area contributed by atoms with Gasteiger partial charge in [-0.2, -0.15) is 0 Å². The quantitative estimate of drug-likeness (QED) is 0.461. The van der Waals surface area contributed by atoms with Crippen LogP contribution < -0.4 is 10.2 Å². The minimum atomic E-state index is -1.81. The maximum atomic E-state index is 13.4. The Labute approximate surface area is 128 Å². The van der Waals surface area contributed by atoms with Gasteiger partial charge in [-0.3, -0.25) is 0 Å². The van der Waals surface area contributed by atoms with Crippen molar-refractivity contribution in [3.63, 3.8) is 0 Å². The normalized spacial score (nSPS) is 10.2. The van der Waals surface area contributed by atoms with Gasteiger partial charge in [0.1, 0.15) is 18.2 Å². The van der Waals surface area contributed by atoms with Crippen molar-refractivity contribution in [3.05, 3.63) is 37.9 Å². The van der Waals surface area contributed by atoms with E-state index in [0.717, 1.165) is 6.07 Å². The predicted octanol–water partition coefficient (Wildman–Crippen LogP) is -0.148.